The summed E-state index contributed by atoms with van der Waals surface area (Å²) in [5.41, 5.74) is 0.803. The van der Waals surface area contributed by atoms with Crippen LogP contribution in [0, 0.1) is 0 Å². The summed E-state index contributed by atoms with van der Waals surface area (Å²) in [6, 6.07) is 4.83. The van der Waals surface area contributed by atoms with E-state index in [1.54, 1.807) is 12.1 Å². The van der Waals surface area contributed by atoms with Gasteiger partial charge < -0.3 is 19.9 Å². The maximum absolute atomic E-state index is 11.8. The minimum atomic E-state index is -1.06. The second kappa shape index (κ2) is 7.08. The molecule has 1 atom stereocenters. The topological polar surface area (TPSA) is 84.9 Å². The standard InChI is InChI=1S/C15H19NO5/c1-20-13-5-4-10(7-12(13)15(18)19)9-16-14(17)8-11-3-2-6-21-11/h4-5,7,11H,2-3,6,8-9H2,1H3,(H,16,17)(H,18,19)/t11-/m0/s1. The SMILES string of the molecule is COc1ccc(CNC(=O)C[C@@H]2CCCO2)cc1C(=O)O. The first-order valence-corrected chi connectivity index (χ1v) is 6.88. The Bertz CT molecular complexity index is 523. The number of aromatic carboxylic acids is 1. The molecule has 0 saturated carbocycles. The van der Waals surface area contributed by atoms with Gasteiger partial charge in [-0.3, -0.25) is 4.79 Å². The van der Waals surface area contributed by atoms with Crippen molar-refractivity contribution in [3.05, 3.63) is 29.3 Å². The quantitative estimate of drug-likeness (QED) is 0.831. The van der Waals surface area contributed by atoms with Crippen molar-refractivity contribution in [1.82, 2.24) is 5.32 Å². The largest absolute Gasteiger partial charge is 0.496 e. The number of hydrogen-bond acceptors (Lipinski definition) is 4. The van der Waals surface area contributed by atoms with Gasteiger partial charge in [0.1, 0.15) is 11.3 Å². The molecule has 6 heteroatoms. The summed E-state index contributed by atoms with van der Waals surface area (Å²) in [7, 11) is 1.42. The second-order valence-corrected chi connectivity index (χ2v) is 4.96. The summed E-state index contributed by atoms with van der Waals surface area (Å²) >= 11 is 0. The lowest BCUT2D eigenvalue weighted by Crippen LogP contribution is -2.26. The summed E-state index contributed by atoms with van der Waals surface area (Å²) in [5.74, 6) is -0.842. The van der Waals surface area contributed by atoms with Crippen molar-refractivity contribution in [2.45, 2.75) is 31.9 Å². The van der Waals surface area contributed by atoms with E-state index in [1.807, 2.05) is 0 Å². The van der Waals surface area contributed by atoms with E-state index in [4.69, 9.17) is 14.6 Å². The van der Waals surface area contributed by atoms with Crippen molar-refractivity contribution < 1.29 is 24.2 Å². The smallest absolute Gasteiger partial charge is 0.339 e. The number of benzene rings is 1. The molecule has 114 valence electrons. The van der Waals surface area contributed by atoms with Crippen LogP contribution < -0.4 is 10.1 Å². The van der Waals surface area contributed by atoms with E-state index in [1.165, 1.54) is 13.2 Å². The molecule has 0 bridgehead atoms. The van der Waals surface area contributed by atoms with Crippen LogP contribution in [0.15, 0.2) is 18.2 Å². The van der Waals surface area contributed by atoms with Crippen LogP contribution >= 0.6 is 0 Å². The van der Waals surface area contributed by atoms with Crippen molar-refractivity contribution in [3.63, 3.8) is 0 Å². The molecule has 1 aliphatic heterocycles. The van der Waals surface area contributed by atoms with Crippen LogP contribution in [-0.2, 0) is 16.1 Å². The number of amides is 1. The Morgan fingerprint density at radius 2 is 2.29 bits per heavy atom. The fourth-order valence-electron chi connectivity index (χ4n) is 2.32. The molecule has 1 heterocycles. The Kier molecular flexibility index (Phi) is 5.16. The highest BCUT2D eigenvalue weighted by atomic mass is 16.5. The first kappa shape index (κ1) is 15.3. The van der Waals surface area contributed by atoms with Gasteiger partial charge >= 0.3 is 5.97 Å². The molecule has 2 N–H and O–H groups in total. The van der Waals surface area contributed by atoms with Gasteiger partial charge in [-0.2, -0.15) is 0 Å². The van der Waals surface area contributed by atoms with E-state index >= 15 is 0 Å². The number of carbonyl (C=O) groups excluding carboxylic acids is 1. The molecule has 1 aromatic carbocycles. The van der Waals surface area contributed by atoms with Gasteiger partial charge in [0, 0.05) is 13.2 Å². The first-order chi connectivity index (χ1) is 10.1. The molecule has 1 aliphatic rings. The number of carbonyl (C=O) groups is 2. The van der Waals surface area contributed by atoms with E-state index < -0.39 is 5.97 Å². The highest BCUT2D eigenvalue weighted by Crippen LogP contribution is 2.20. The summed E-state index contributed by atoms with van der Waals surface area (Å²) in [5, 5.41) is 11.9. The summed E-state index contributed by atoms with van der Waals surface area (Å²) in [4.78, 5) is 22.9. The van der Waals surface area contributed by atoms with Gasteiger partial charge in [0.2, 0.25) is 5.91 Å². The first-order valence-electron chi connectivity index (χ1n) is 6.88. The van der Waals surface area contributed by atoms with Crippen molar-refractivity contribution in [3.8, 4) is 5.75 Å². The number of carboxylic acids is 1. The minimum absolute atomic E-state index is 0.00967. The van der Waals surface area contributed by atoms with Crippen LogP contribution in [0.1, 0.15) is 35.2 Å². The van der Waals surface area contributed by atoms with Gasteiger partial charge in [0.05, 0.1) is 19.6 Å². The van der Waals surface area contributed by atoms with Crippen LogP contribution in [0.3, 0.4) is 0 Å². The molecule has 0 aliphatic carbocycles. The molecule has 1 saturated heterocycles. The molecule has 0 aromatic heterocycles. The number of rotatable bonds is 6. The summed E-state index contributed by atoms with van der Waals surface area (Å²) in [6.45, 7) is 1.01. The van der Waals surface area contributed by atoms with E-state index in [0.29, 0.717) is 17.7 Å². The minimum Gasteiger partial charge on any atom is -0.496 e. The van der Waals surface area contributed by atoms with Crippen LogP contribution in [0.2, 0.25) is 0 Å². The van der Waals surface area contributed by atoms with Gasteiger partial charge in [-0.05, 0) is 30.5 Å². The Hall–Kier alpha value is -2.08. The zero-order chi connectivity index (χ0) is 15.2. The highest BCUT2D eigenvalue weighted by Gasteiger charge is 2.19. The predicted molar refractivity (Wildman–Crippen MR) is 75.4 cm³/mol. The third-order valence-electron chi connectivity index (χ3n) is 3.42. The molecule has 1 fully saturated rings. The van der Waals surface area contributed by atoms with E-state index in [9.17, 15) is 9.59 Å². The van der Waals surface area contributed by atoms with Crippen LogP contribution in [0.25, 0.3) is 0 Å². The average molecular weight is 293 g/mol. The zero-order valence-corrected chi connectivity index (χ0v) is 11.9. The summed E-state index contributed by atoms with van der Waals surface area (Å²) in [6.07, 6.45) is 2.27. The third kappa shape index (κ3) is 4.19. The fraction of sp³-hybridized carbons (Fsp3) is 0.467. The van der Waals surface area contributed by atoms with Gasteiger partial charge in [0.25, 0.3) is 0 Å². The molecule has 0 unspecified atom stereocenters. The predicted octanol–water partition coefficient (Wildman–Crippen LogP) is 1.58. The van der Waals surface area contributed by atoms with E-state index in [-0.39, 0.29) is 24.1 Å². The van der Waals surface area contributed by atoms with Crippen molar-refractivity contribution in [1.29, 1.82) is 0 Å². The number of ether oxygens (including phenoxy) is 2. The van der Waals surface area contributed by atoms with Gasteiger partial charge in [0.15, 0.2) is 0 Å². The Morgan fingerprint density at radius 3 is 2.90 bits per heavy atom. The second-order valence-electron chi connectivity index (χ2n) is 4.96. The fourth-order valence-corrected chi connectivity index (χ4v) is 2.32. The Balaban J connectivity index is 1.91. The lowest BCUT2D eigenvalue weighted by Gasteiger charge is -2.11. The molecule has 21 heavy (non-hydrogen) atoms. The van der Waals surface area contributed by atoms with Gasteiger partial charge in [-0.15, -0.1) is 0 Å². The Labute approximate surface area is 123 Å². The molecule has 0 spiro atoms. The van der Waals surface area contributed by atoms with Crippen molar-refractivity contribution >= 4 is 11.9 Å². The molecule has 1 amide bonds. The van der Waals surface area contributed by atoms with E-state index in [0.717, 1.165) is 19.4 Å². The maximum atomic E-state index is 11.8. The number of methoxy groups -OCH3 is 1. The zero-order valence-electron chi connectivity index (χ0n) is 11.9. The van der Waals surface area contributed by atoms with Crippen molar-refractivity contribution in [2.75, 3.05) is 13.7 Å². The summed E-state index contributed by atoms with van der Waals surface area (Å²) < 4.78 is 10.4. The number of hydrogen-bond donors (Lipinski definition) is 2. The molecule has 2 rings (SSSR count). The average Bonchev–Trinajstić information content (AvgIpc) is 2.97. The number of carboxylic acid groups (broad SMARTS) is 1. The molecular formula is C15H19NO5. The normalized spacial score (nSPS) is 17.5. The number of nitrogens with one attached hydrogen (secondary N) is 1. The molecule has 0 radical (unpaired) electrons. The third-order valence-corrected chi connectivity index (χ3v) is 3.42. The van der Waals surface area contributed by atoms with Gasteiger partial charge in [-0.25, -0.2) is 4.79 Å². The van der Waals surface area contributed by atoms with Gasteiger partial charge in [-0.1, -0.05) is 6.07 Å². The van der Waals surface area contributed by atoms with Crippen LogP contribution in [0.5, 0.6) is 5.75 Å². The van der Waals surface area contributed by atoms with Crippen LogP contribution in [-0.4, -0.2) is 36.8 Å². The maximum Gasteiger partial charge on any atom is 0.339 e. The molecule has 1 aromatic rings. The Morgan fingerprint density at radius 1 is 1.48 bits per heavy atom. The lowest BCUT2D eigenvalue weighted by molar-refractivity contribution is -0.123. The van der Waals surface area contributed by atoms with E-state index in [2.05, 4.69) is 5.32 Å². The van der Waals surface area contributed by atoms with Crippen molar-refractivity contribution in [2.24, 2.45) is 0 Å². The monoisotopic (exact) mass is 293 g/mol. The molecular weight excluding hydrogens is 274 g/mol. The van der Waals surface area contributed by atoms with Crippen LogP contribution in [0.4, 0.5) is 0 Å². The molecule has 6 nitrogen and oxygen atoms in total. The lowest BCUT2D eigenvalue weighted by atomic mass is 10.1. The highest BCUT2D eigenvalue weighted by molar-refractivity contribution is 5.91.